The first-order valence-electron chi connectivity index (χ1n) is 7.28. The molecular formula is C17H15ClF2N2O3. The molecule has 1 unspecified atom stereocenters. The number of rotatable bonds is 6. The van der Waals surface area contributed by atoms with E-state index in [0.717, 1.165) is 0 Å². The van der Waals surface area contributed by atoms with Gasteiger partial charge >= 0.3 is 6.61 Å². The van der Waals surface area contributed by atoms with Crippen molar-refractivity contribution in [2.24, 2.45) is 0 Å². The van der Waals surface area contributed by atoms with E-state index in [-0.39, 0.29) is 11.4 Å². The van der Waals surface area contributed by atoms with Crippen LogP contribution in [0, 0.1) is 0 Å². The van der Waals surface area contributed by atoms with Crippen molar-refractivity contribution in [3.05, 3.63) is 59.1 Å². The van der Waals surface area contributed by atoms with E-state index in [1.807, 2.05) is 0 Å². The highest BCUT2D eigenvalue weighted by atomic mass is 35.5. The van der Waals surface area contributed by atoms with Gasteiger partial charge in [-0.1, -0.05) is 23.7 Å². The molecule has 2 aromatic carbocycles. The quantitative estimate of drug-likeness (QED) is 0.817. The van der Waals surface area contributed by atoms with Crippen molar-refractivity contribution >= 4 is 29.1 Å². The van der Waals surface area contributed by atoms with Crippen LogP contribution in [0.25, 0.3) is 0 Å². The number of carbonyl (C=O) groups is 2. The molecule has 132 valence electrons. The summed E-state index contributed by atoms with van der Waals surface area (Å²) in [5.74, 6) is -1.20. The molecule has 0 aliphatic rings. The van der Waals surface area contributed by atoms with E-state index in [9.17, 15) is 18.4 Å². The second kappa shape index (κ2) is 8.43. The number of alkyl halides is 2. The SMILES string of the molecule is CC(NC(=O)c1ccc(Cl)cc1)C(=O)Nc1ccccc1OC(F)F. The Hall–Kier alpha value is -2.67. The predicted octanol–water partition coefficient (Wildman–Crippen LogP) is 3.70. The van der Waals surface area contributed by atoms with Crippen LogP contribution < -0.4 is 15.4 Å². The topological polar surface area (TPSA) is 67.4 Å². The number of ether oxygens (including phenoxy) is 1. The monoisotopic (exact) mass is 368 g/mol. The molecule has 0 heterocycles. The Morgan fingerprint density at radius 3 is 2.36 bits per heavy atom. The maximum absolute atomic E-state index is 12.4. The highest BCUT2D eigenvalue weighted by Gasteiger charge is 2.18. The minimum absolute atomic E-state index is 0.0837. The zero-order valence-corrected chi connectivity index (χ0v) is 13.9. The van der Waals surface area contributed by atoms with Crippen LogP contribution in [0.1, 0.15) is 17.3 Å². The van der Waals surface area contributed by atoms with Crippen LogP contribution in [0.5, 0.6) is 5.75 Å². The summed E-state index contributed by atoms with van der Waals surface area (Å²) in [7, 11) is 0. The average Bonchev–Trinajstić information content (AvgIpc) is 2.56. The molecule has 25 heavy (non-hydrogen) atoms. The minimum atomic E-state index is -3.01. The van der Waals surface area contributed by atoms with Gasteiger partial charge in [0.05, 0.1) is 5.69 Å². The summed E-state index contributed by atoms with van der Waals surface area (Å²) >= 11 is 5.75. The maximum atomic E-state index is 12.4. The van der Waals surface area contributed by atoms with E-state index < -0.39 is 24.5 Å². The largest absolute Gasteiger partial charge is 0.433 e. The normalized spacial score (nSPS) is 11.7. The Morgan fingerprint density at radius 1 is 1.08 bits per heavy atom. The standard InChI is InChI=1S/C17H15ClF2N2O3/c1-10(21-16(24)11-6-8-12(18)9-7-11)15(23)22-13-4-2-3-5-14(13)25-17(19)20/h2-10,17H,1H3,(H,21,24)(H,22,23). The van der Waals surface area contributed by atoms with Crippen LogP contribution in [0.4, 0.5) is 14.5 Å². The maximum Gasteiger partial charge on any atom is 0.387 e. The highest BCUT2D eigenvalue weighted by Crippen LogP contribution is 2.25. The summed E-state index contributed by atoms with van der Waals surface area (Å²) < 4.78 is 29.1. The molecule has 0 fully saturated rings. The molecule has 2 N–H and O–H groups in total. The summed E-state index contributed by atoms with van der Waals surface area (Å²) in [6, 6.07) is 11.0. The van der Waals surface area contributed by atoms with Gasteiger partial charge in [0, 0.05) is 10.6 Å². The summed E-state index contributed by atoms with van der Waals surface area (Å²) in [5.41, 5.74) is 0.422. The Morgan fingerprint density at radius 2 is 1.72 bits per heavy atom. The third-order valence-corrected chi connectivity index (χ3v) is 3.46. The lowest BCUT2D eigenvalue weighted by molar-refractivity contribution is -0.117. The number of anilines is 1. The summed E-state index contributed by atoms with van der Waals surface area (Å²) in [6.45, 7) is -1.54. The molecule has 0 saturated carbocycles. The summed E-state index contributed by atoms with van der Waals surface area (Å²) in [6.07, 6.45) is 0. The van der Waals surface area contributed by atoms with Gasteiger partial charge in [0.1, 0.15) is 11.8 Å². The molecule has 5 nitrogen and oxygen atoms in total. The summed E-state index contributed by atoms with van der Waals surface area (Å²) in [4.78, 5) is 24.3. The van der Waals surface area contributed by atoms with Crippen molar-refractivity contribution in [2.45, 2.75) is 19.6 Å². The molecule has 0 aliphatic carbocycles. The van der Waals surface area contributed by atoms with E-state index in [1.54, 1.807) is 18.2 Å². The fraction of sp³-hybridized carbons (Fsp3) is 0.176. The van der Waals surface area contributed by atoms with Crippen LogP contribution >= 0.6 is 11.6 Å². The Bertz CT molecular complexity index is 754. The Labute approximate surface area is 147 Å². The molecule has 8 heteroatoms. The zero-order chi connectivity index (χ0) is 18.4. The molecular weight excluding hydrogens is 354 g/mol. The van der Waals surface area contributed by atoms with Gasteiger partial charge in [-0.3, -0.25) is 9.59 Å². The van der Waals surface area contributed by atoms with Crippen molar-refractivity contribution < 1.29 is 23.1 Å². The molecule has 0 aromatic heterocycles. The van der Waals surface area contributed by atoms with Crippen LogP contribution in [-0.4, -0.2) is 24.5 Å². The number of carbonyl (C=O) groups excluding carboxylic acids is 2. The van der Waals surface area contributed by atoms with Gasteiger partial charge in [-0.15, -0.1) is 0 Å². The first-order chi connectivity index (χ1) is 11.9. The molecule has 2 rings (SSSR count). The molecule has 2 amide bonds. The van der Waals surface area contributed by atoms with E-state index in [2.05, 4.69) is 15.4 Å². The van der Waals surface area contributed by atoms with Gasteiger partial charge in [0.2, 0.25) is 5.91 Å². The number of nitrogens with one attached hydrogen (secondary N) is 2. The molecule has 2 aromatic rings. The van der Waals surface area contributed by atoms with Gasteiger partial charge in [-0.25, -0.2) is 0 Å². The van der Waals surface area contributed by atoms with Crippen molar-refractivity contribution in [3.8, 4) is 5.75 Å². The second-order valence-electron chi connectivity index (χ2n) is 5.07. The van der Waals surface area contributed by atoms with E-state index >= 15 is 0 Å². The van der Waals surface area contributed by atoms with Crippen molar-refractivity contribution in [3.63, 3.8) is 0 Å². The fourth-order valence-electron chi connectivity index (χ4n) is 1.96. The third-order valence-electron chi connectivity index (χ3n) is 3.21. The first-order valence-corrected chi connectivity index (χ1v) is 7.65. The molecule has 0 spiro atoms. The number of amides is 2. The van der Waals surface area contributed by atoms with E-state index in [4.69, 9.17) is 11.6 Å². The third kappa shape index (κ3) is 5.42. The first kappa shape index (κ1) is 18.7. The van der Waals surface area contributed by atoms with Crippen LogP contribution in [-0.2, 0) is 4.79 Å². The fourth-order valence-corrected chi connectivity index (χ4v) is 2.08. The zero-order valence-electron chi connectivity index (χ0n) is 13.1. The van der Waals surface area contributed by atoms with Gasteiger partial charge < -0.3 is 15.4 Å². The van der Waals surface area contributed by atoms with E-state index in [1.165, 1.54) is 37.3 Å². The van der Waals surface area contributed by atoms with E-state index in [0.29, 0.717) is 10.6 Å². The lowest BCUT2D eigenvalue weighted by Crippen LogP contribution is -2.41. The van der Waals surface area contributed by atoms with Crippen LogP contribution in [0.2, 0.25) is 5.02 Å². The molecule has 0 saturated heterocycles. The van der Waals surface area contributed by atoms with Crippen LogP contribution in [0.3, 0.4) is 0 Å². The number of hydrogen-bond acceptors (Lipinski definition) is 3. The number of halogens is 3. The predicted molar refractivity (Wildman–Crippen MR) is 90.1 cm³/mol. The highest BCUT2D eigenvalue weighted by molar-refractivity contribution is 6.30. The number of benzene rings is 2. The van der Waals surface area contributed by atoms with Gasteiger partial charge in [0.25, 0.3) is 5.91 Å². The molecule has 0 aliphatic heterocycles. The lowest BCUT2D eigenvalue weighted by Gasteiger charge is -2.16. The van der Waals surface area contributed by atoms with Gasteiger partial charge in [0.15, 0.2) is 0 Å². The van der Waals surface area contributed by atoms with Gasteiger partial charge in [-0.05, 0) is 43.3 Å². The Balaban J connectivity index is 2.01. The summed E-state index contributed by atoms with van der Waals surface area (Å²) in [5, 5.41) is 5.45. The average molecular weight is 369 g/mol. The minimum Gasteiger partial charge on any atom is -0.433 e. The number of hydrogen-bond donors (Lipinski definition) is 2. The smallest absolute Gasteiger partial charge is 0.387 e. The number of para-hydroxylation sites is 2. The van der Waals surface area contributed by atoms with Crippen LogP contribution in [0.15, 0.2) is 48.5 Å². The second-order valence-corrected chi connectivity index (χ2v) is 5.50. The van der Waals surface area contributed by atoms with Gasteiger partial charge in [-0.2, -0.15) is 8.78 Å². The van der Waals surface area contributed by atoms with Crippen molar-refractivity contribution in [1.82, 2.24) is 5.32 Å². The molecule has 0 bridgehead atoms. The molecule has 1 atom stereocenters. The van der Waals surface area contributed by atoms with Crippen molar-refractivity contribution in [1.29, 1.82) is 0 Å². The Kier molecular flexibility index (Phi) is 6.30. The lowest BCUT2D eigenvalue weighted by atomic mass is 10.2. The van der Waals surface area contributed by atoms with Crippen molar-refractivity contribution in [2.75, 3.05) is 5.32 Å². The molecule has 0 radical (unpaired) electrons.